The van der Waals surface area contributed by atoms with E-state index in [0.29, 0.717) is 11.7 Å². The number of carbonyl (C=O) groups excluding carboxylic acids is 1. The molecule has 1 aromatic carbocycles. The molecular formula is C22H27N5O. The lowest BCUT2D eigenvalue weighted by atomic mass is 9.96. The van der Waals surface area contributed by atoms with E-state index in [1.54, 1.807) is 6.20 Å². The third kappa shape index (κ3) is 4.63. The molecule has 0 bridgehead atoms. The molecule has 28 heavy (non-hydrogen) atoms. The Hall–Kier alpha value is -3.02. The monoisotopic (exact) mass is 377 g/mol. The van der Waals surface area contributed by atoms with Gasteiger partial charge in [-0.2, -0.15) is 0 Å². The second-order valence-electron chi connectivity index (χ2n) is 7.40. The summed E-state index contributed by atoms with van der Waals surface area (Å²) in [5, 5.41) is 10.5. The summed E-state index contributed by atoms with van der Waals surface area (Å²) in [6.07, 6.45) is 10.5. The van der Waals surface area contributed by atoms with Gasteiger partial charge in [0.2, 0.25) is 0 Å². The molecule has 1 saturated carbocycles. The number of anilines is 2. The number of H-pyrrole nitrogens is 1. The molecule has 4 N–H and O–H groups in total. The van der Waals surface area contributed by atoms with Crippen LogP contribution in [0.2, 0.25) is 0 Å². The molecule has 4 rings (SSSR count). The van der Waals surface area contributed by atoms with Gasteiger partial charge in [-0.25, -0.2) is 9.78 Å². The van der Waals surface area contributed by atoms with Gasteiger partial charge < -0.3 is 20.9 Å². The lowest BCUT2D eigenvalue weighted by molar-refractivity contribution is 0.244. The van der Waals surface area contributed by atoms with Crippen LogP contribution in [0.15, 0.2) is 48.8 Å². The Morgan fingerprint density at radius 1 is 1.11 bits per heavy atom. The first-order chi connectivity index (χ1) is 13.8. The lowest BCUT2D eigenvalue weighted by Crippen LogP contribution is -2.39. The van der Waals surface area contributed by atoms with E-state index in [0.717, 1.165) is 37.1 Å². The Kier molecular flexibility index (Phi) is 5.75. The van der Waals surface area contributed by atoms with Gasteiger partial charge in [-0.15, -0.1) is 0 Å². The van der Waals surface area contributed by atoms with E-state index in [2.05, 4.69) is 50.3 Å². The highest BCUT2D eigenvalue weighted by Gasteiger charge is 2.15. The van der Waals surface area contributed by atoms with Crippen molar-refractivity contribution in [1.29, 1.82) is 0 Å². The highest BCUT2D eigenvalue weighted by atomic mass is 16.2. The van der Waals surface area contributed by atoms with Crippen LogP contribution in [-0.2, 0) is 6.42 Å². The van der Waals surface area contributed by atoms with Gasteiger partial charge in [-0.3, -0.25) is 0 Å². The minimum absolute atomic E-state index is 0.145. The van der Waals surface area contributed by atoms with Crippen LogP contribution in [-0.4, -0.2) is 28.6 Å². The van der Waals surface area contributed by atoms with Crippen molar-refractivity contribution < 1.29 is 4.79 Å². The maximum absolute atomic E-state index is 12.1. The van der Waals surface area contributed by atoms with E-state index in [4.69, 9.17) is 0 Å². The average molecular weight is 377 g/mol. The van der Waals surface area contributed by atoms with Crippen LogP contribution < -0.4 is 16.0 Å². The number of nitrogens with zero attached hydrogens (tertiary/aromatic N) is 1. The standard InChI is InChI=1S/C22H27N5O/c28-22(26-17-6-2-1-3-7-17)27-18-10-11-21(25-15-18)23-13-12-16-14-24-20-9-5-4-8-19(16)20/h4-5,8-11,14-15,17,24H,1-3,6-7,12-13H2,(H,23,25)(H2,26,27,28). The maximum atomic E-state index is 12.1. The Morgan fingerprint density at radius 3 is 2.79 bits per heavy atom. The zero-order chi connectivity index (χ0) is 19.2. The van der Waals surface area contributed by atoms with Gasteiger partial charge >= 0.3 is 6.03 Å². The smallest absolute Gasteiger partial charge is 0.319 e. The van der Waals surface area contributed by atoms with Crippen LogP contribution in [0.1, 0.15) is 37.7 Å². The zero-order valence-electron chi connectivity index (χ0n) is 16.0. The fourth-order valence-corrected chi connectivity index (χ4v) is 3.84. The first kappa shape index (κ1) is 18.3. The van der Waals surface area contributed by atoms with E-state index < -0.39 is 0 Å². The molecule has 6 heteroatoms. The number of rotatable bonds is 6. The molecule has 0 unspecified atom stereocenters. The summed E-state index contributed by atoms with van der Waals surface area (Å²) < 4.78 is 0. The molecule has 1 fully saturated rings. The van der Waals surface area contributed by atoms with E-state index in [1.165, 1.54) is 30.2 Å². The summed E-state index contributed by atoms with van der Waals surface area (Å²) in [5.41, 5.74) is 3.16. The van der Waals surface area contributed by atoms with Crippen molar-refractivity contribution in [1.82, 2.24) is 15.3 Å². The molecule has 6 nitrogen and oxygen atoms in total. The van der Waals surface area contributed by atoms with Crippen LogP contribution in [0.3, 0.4) is 0 Å². The van der Waals surface area contributed by atoms with E-state index >= 15 is 0 Å². The Morgan fingerprint density at radius 2 is 1.96 bits per heavy atom. The maximum Gasteiger partial charge on any atom is 0.319 e. The Bertz CT molecular complexity index is 912. The van der Waals surface area contributed by atoms with E-state index in [9.17, 15) is 4.79 Å². The Balaban J connectivity index is 1.24. The van der Waals surface area contributed by atoms with E-state index in [1.807, 2.05) is 18.2 Å². The van der Waals surface area contributed by atoms with Gasteiger partial charge in [0.15, 0.2) is 0 Å². The van der Waals surface area contributed by atoms with Gasteiger partial charge in [0, 0.05) is 29.7 Å². The van der Waals surface area contributed by atoms with Gasteiger partial charge in [0.1, 0.15) is 5.82 Å². The summed E-state index contributed by atoms with van der Waals surface area (Å²) in [7, 11) is 0. The fraction of sp³-hybridized carbons (Fsp3) is 0.364. The van der Waals surface area contributed by atoms with Gasteiger partial charge in [0.25, 0.3) is 0 Å². The number of aromatic amines is 1. The van der Waals surface area contributed by atoms with Crippen LogP contribution >= 0.6 is 0 Å². The quantitative estimate of drug-likeness (QED) is 0.504. The summed E-state index contributed by atoms with van der Waals surface area (Å²) in [6, 6.07) is 12.2. The molecule has 2 amide bonds. The van der Waals surface area contributed by atoms with Gasteiger partial charge in [-0.05, 0) is 43.0 Å². The van der Waals surface area contributed by atoms with Crippen molar-refractivity contribution in [3.05, 3.63) is 54.4 Å². The molecule has 0 atom stereocenters. The number of nitrogens with one attached hydrogen (secondary N) is 4. The first-order valence-electron chi connectivity index (χ1n) is 10.1. The number of fused-ring (bicyclic) bond motifs is 1. The van der Waals surface area contributed by atoms with Crippen molar-refractivity contribution in [3.8, 4) is 0 Å². The molecule has 3 aromatic rings. The summed E-state index contributed by atoms with van der Waals surface area (Å²) in [4.78, 5) is 19.8. The van der Waals surface area contributed by atoms with Crippen LogP contribution in [0.25, 0.3) is 10.9 Å². The Labute approximate surface area is 165 Å². The fourth-order valence-electron chi connectivity index (χ4n) is 3.84. The largest absolute Gasteiger partial charge is 0.370 e. The minimum Gasteiger partial charge on any atom is -0.370 e. The van der Waals surface area contributed by atoms with Crippen molar-refractivity contribution in [2.45, 2.75) is 44.6 Å². The van der Waals surface area contributed by atoms with Crippen molar-refractivity contribution >= 4 is 28.4 Å². The number of pyridine rings is 1. The molecule has 0 radical (unpaired) electrons. The third-order valence-corrected chi connectivity index (χ3v) is 5.34. The molecule has 2 heterocycles. The molecule has 146 valence electrons. The van der Waals surface area contributed by atoms with Gasteiger partial charge in [0.05, 0.1) is 11.9 Å². The number of hydrogen-bond acceptors (Lipinski definition) is 3. The molecule has 2 aromatic heterocycles. The molecule has 0 aliphatic heterocycles. The molecular weight excluding hydrogens is 350 g/mol. The number of urea groups is 1. The zero-order valence-corrected chi connectivity index (χ0v) is 16.0. The summed E-state index contributed by atoms with van der Waals surface area (Å²) >= 11 is 0. The molecule has 0 spiro atoms. The highest BCUT2D eigenvalue weighted by Crippen LogP contribution is 2.19. The van der Waals surface area contributed by atoms with Crippen molar-refractivity contribution in [3.63, 3.8) is 0 Å². The van der Waals surface area contributed by atoms with Crippen molar-refractivity contribution in [2.24, 2.45) is 0 Å². The number of benzene rings is 1. The minimum atomic E-state index is -0.145. The number of hydrogen-bond donors (Lipinski definition) is 4. The average Bonchev–Trinajstić information content (AvgIpc) is 3.13. The topological polar surface area (TPSA) is 81.8 Å². The normalized spacial score (nSPS) is 14.7. The second-order valence-corrected chi connectivity index (χ2v) is 7.40. The number of amides is 2. The van der Waals surface area contributed by atoms with Crippen LogP contribution in [0.4, 0.5) is 16.3 Å². The number of carbonyl (C=O) groups is 1. The molecule has 0 saturated heterocycles. The first-order valence-corrected chi connectivity index (χ1v) is 10.1. The number of aromatic nitrogens is 2. The molecule has 1 aliphatic carbocycles. The predicted molar refractivity (Wildman–Crippen MR) is 114 cm³/mol. The summed E-state index contributed by atoms with van der Waals surface area (Å²) in [6.45, 7) is 0.795. The van der Waals surface area contributed by atoms with Gasteiger partial charge in [-0.1, -0.05) is 37.5 Å². The SMILES string of the molecule is O=C(Nc1ccc(NCCc2c[nH]c3ccccc23)nc1)NC1CCCCC1. The van der Waals surface area contributed by atoms with E-state index in [-0.39, 0.29) is 6.03 Å². The van der Waals surface area contributed by atoms with Crippen molar-refractivity contribution in [2.75, 3.05) is 17.2 Å². The van der Waals surface area contributed by atoms with Crippen LogP contribution in [0.5, 0.6) is 0 Å². The third-order valence-electron chi connectivity index (χ3n) is 5.34. The lowest BCUT2D eigenvalue weighted by Gasteiger charge is -2.22. The van der Waals surface area contributed by atoms with Crippen LogP contribution in [0, 0.1) is 0 Å². The predicted octanol–water partition coefficient (Wildman–Crippen LogP) is 4.67. The summed E-state index contributed by atoms with van der Waals surface area (Å²) in [5.74, 6) is 0.804. The highest BCUT2D eigenvalue weighted by molar-refractivity contribution is 5.89. The number of para-hydroxylation sites is 1. The second kappa shape index (κ2) is 8.78. The molecule has 1 aliphatic rings.